The van der Waals surface area contributed by atoms with E-state index in [-0.39, 0.29) is 5.41 Å². The fraction of sp³-hybridized carbons (Fsp3) is 0.0357. The van der Waals surface area contributed by atoms with Crippen LogP contribution in [0.4, 0.5) is 0 Å². The number of hydrogen-bond acceptors (Lipinski definition) is 2. The Labute approximate surface area is 338 Å². The first-order valence-corrected chi connectivity index (χ1v) is 20.0. The Morgan fingerprint density at radius 2 is 0.931 bits per heavy atom. The zero-order valence-corrected chi connectivity index (χ0v) is 32.1. The van der Waals surface area contributed by atoms with Crippen molar-refractivity contribution in [2.24, 2.45) is 0 Å². The van der Waals surface area contributed by atoms with E-state index in [0.29, 0.717) is 5.82 Å². The maximum atomic E-state index is 5.25. The first-order valence-electron chi connectivity index (χ1n) is 20.0. The average molecular weight is 739 g/mol. The Bertz CT molecular complexity index is 3170. The quantitative estimate of drug-likeness (QED) is 0.170. The minimum absolute atomic E-state index is 0.237. The van der Waals surface area contributed by atoms with E-state index in [9.17, 15) is 0 Å². The molecule has 0 bridgehead atoms. The number of nitrogens with zero attached hydrogens (tertiary/aromatic N) is 2. The van der Waals surface area contributed by atoms with Crippen LogP contribution in [0.1, 0.15) is 23.6 Å². The van der Waals surface area contributed by atoms with Gasteiger partial charge < -0.3 is 0 Å². The molecule has 1 atom stereocenters. The SMILES string of the molecule is CC1(c2ccccc2)c2ccccc2-c2c(-c3ccc4cc(-c5cc(-c6cc(-c7ccccc7)cc7ccccc67)nc(-c6ccccc6)n5)ccc4c3)cccc21. The van der Waals surface area contributed by atoms with Gasteiger partial charge in [-0.25, -0.2) is 9.97 Å². The van der Waals surface area contributed by atoms with Crippen LogP contribution in [0.2, 0.25) is 0 Å². The summed E-state index contributed by atoms with van der Waals surface area (Å²) in [5.41, 5.74) is 16.1. The largest absolute Gasteiger partial charge is 0.228 e. The third-order valence-corrected chi connectivity index (χ3v) is 12.1. The molecule has 0 radical (unpaired) electrons. The van der Waals surface area contributed by atoms with Crippen LogP contribution in [0.15, 0.2) is 212 Å². The lowest BCUT2D eigenvalue weighted by Crippen LogP contribution is -2.22. The van der Waals surface area contributed by atoms with Gasteiger partial charge in [-0.2, -0.15) is 0 Å². The smallest absolute Gasteiger partial charge is 0.160 e. The minimum Gasteiger partial charge on any atom is -0.228 e. The molecule has 2 nitrogen and oxygen atoms in total. The molecule has 0 N–H and O–H groups in total. The van der Waals surface area contributed by atoms with Crippen molar-refractivity contribution in [3.63, 3.8) is 0 Å². The monoisotopic (exact) mass is 738 g/mol. The minimum atomic E-state index is -0.237. The van der Waals surface area contributed by atoms with Gasteiger partial charge in [0.25, 0.3) is 0 Å². The number of aromatic nitrogens is 2. The van der Waals surface area contributed by atoms with E-state index in [1.807, 2.05) is 18.2 Å². The van der Waals surface area contributed by atoms with Crippen molar-refractivity contribution in [1.82, 2.24) is 9.97 Å². The fourth-order valence-corrected chi connectivity index (χ4v) is 9.21. The molecule has 2 heteroatoms. The van der Waals surface area contributed by atoms with Crippen LogP contribution in [-0.2, 0) is 5.41 Å². The van der Waals surface area contributed by atoms with Gasteiger partial charge in [-0.1, -0.05) is 182 Å². The van der Waals surface area contributed by atoms with Crippen LogP contribution >= 0.6 is 0 Å². The van der Waals surface area contributed by atoms with Gasteiger partial charge in [0.2, 0.25) is 0 Å². The van der Waals surface area contributed by atoms with E-state index < -0.39 is 0 Å². The van der Waals surface area contributed by atoms with Gasteiger partial charge in [-0.05, 0) is 109 Å². The molecule has 1 heterocycles. The van der Waals surface area contributed by atoms with Gasteiger partial charge in [0.15, 0.2) is 5.82 Å². The molecule has 9 aromatic carbocycles. The molecule has 0 spiro atoms. The summed E-state index contributed by atoms with van der Waals surface area (Å²) in [6.45, 7) is 2.38. The fourth-order valence-electron chi connectivity index (χ4n) is 9.21. The lowest BCUT2D eigenvalue weighted by atomic mass is 9.74. The summed E-state index contributed by atoms with van der Waals surface area (Å²) < 4.78 is 0. The molecule has 1 unspecified atom stereocenters. The second kappa shape index (κ2) is 13.7. The van der Waals surface area contributed by atoms with E-state index in [2.05, 4.69) is 201 Å². The normalized spacial score (nSPS) is 14.4. The second-order valence-electron chi connectivity index (χ2n) is 15.5. The maximum absolute atomic E-state index is 5.25. The third-order valence-electron chi connectivity index (χ3n) is 12.1. The van der Waals surface area contributed by atoms with Crippen molar-refractivity contribution in [2.45, 2.75) is 12.3 Å². The molecule has 58 heavy (non-hydrogen) atoms. The third kappa shape index (κ3) is 5.56. The predicted octanol–water partition coefficient (Wildman–Crippen LogP) is 14.5. The van der Waals surface area contributed by atoms with Gasteiger partial charge >= 0.3 is 0 Å². The highest BCUT2D eigenvalue weighted by Gasteiger charge is 2.41. The molecule has 0 aliphatic heterocycles. The first-order chi connectivity index (χ1) is 28.6. The molecule has 10 aromatic rings. The first kappa shape index (κ1) is 33.9. The summed E-state index contributed by atoms with van der Waals surface area (Å²) in [5.74, 6) is 0.707. The summed E-state index contributed by atoms with van der Waals surface area (Å²) in [4.78, 5) is 10.5. The van der Waals surface area contributed by atoms with Crippen LogP contribution in [0.25, 0.3) is 88.8 Å². The number of fused-ring (bicyclic) bond motifs is 5. The predicted molar refractivity (Wildman–Crippen MR) is 242 cm³/mol. The van der Waals surface area contributed by atoms with Crippen LogP contribution < -0.4 is 0 Å². The molecule has 1 aliphatic rings. The van der Waals surface area contributed by atoms with Crippen LogP contribution in [0, 0.1) is 0 Å². The molecule has 272 valence electrons. The molecule has 1 aromatic heterocycles. The molecule has 0 saturated heterocycles. The zero-order valence-electron chi connectivity index (χ0n) is 32.1. The van der Waals surface area contributed by atoms with E-state index in [1.54, 1.807) is 0 Å². The van der Waals surface area contributed by atoms with Crippen molar-refractivity contribution in [1.29, 1.82) is 0 Å². The molecule has 0 saturated carbocycles. The van der Waals surface area contributed by atoms with Crippen LogP contribution in [-0.4, -0.2) is 9.97 Å². The average Bonchev–Trinajstić information content (AvgIpc) is 3.57. The topological polar surface area (TPSA) is 25.8 Å². The Hall–Kier alpha value is -7.42. The Morgan fingerprint density at radius 3 is 1.72 bits per heavy atom. The Kier molecular flexibility index (Phi) is 7.97. The zero-order chi connectivity index (χ0) is 38.6. The van der Waals surface area contributed by atoms with Crippen molar-refractivity contribution in [3.05, 3.63) is 229 Å². The molecular weight excluding hydrogens is 701 g/mol. The lowest BCUT2D eigenvalue weighted by Gasteiger charge is -2.28. The van der Waals surface area contributed by atoms with Crippen molar-refractivity contribution >= 4 is 21.5 Å². The van der Waals surface area contributed by atoms with Gasteiger partial charge in [0.1, 0.15) is 0 Å². The maximum Gasteiger partial charge on any atom is 0.160 e. The molecule has 1 aliphatic carbocycles. The highest BCUT2D eigenvalue weighted by molar-refractivity contribution is 6.01. The number of hydrogen-bond donors (Lipinski definition) is 0. The van der Waals surface area contributed by atoms with E-state index in [4.69, 9.17) is 9.97 Å². The lowest BCUT2D eigenvalue weighted by molar-refractivity contribution is 0.714. The van der Waals surface area contributed by atoms with E-state index in [0.717, 1.165) is 39.0 Å². The van der Waals surface area contributed by atoms with Gasteiger partial charge in [-0.3, -0.25) is 0 Å². The highest BCUT2D eigenvalue weighted by Crippen LogP contribution is 2.55. The standard InChI is InChI=1S/C56H38N2/c1-56(45-21-9-4-10-22-45)50-26-14-13-24-48(50)54-47(25-15-27-51(54)56)42-30-28-40-33-43(31-29-39(40)32-42)52-36-53(58-55(57-52)38-18-7-3-8-19-38)49-35-44(37-16-5-2-6-17-37)34-41-20-11-12-23-46(41)49/h2-36H,1H3. The molecule has 11 rings (SSSR count). The van der Waals surface area contributed by atoms with Crippen LogP contribution in [0.3, 0.4) is 0 Å². The summed E-state index contributed by atoms with van der Waals surface area (Å²) in [6, 6.07) is 76.5. The van der Waals surface area contributed by atoms with Gasteiger partial charge in [0.05, 0.1) is 11.4 Å². The molecule has 0 fully saturated rings. The molecular formula is C56H38N2. The summed E-state index contributed by atoms with van der Waals surface area (Å²) >= 11 is 0. The summed E-state index contributed by atoms with van der Waals surface area (Å²) in [6.07, 6.45) is 0. The van der Waals surface area contributed by atoms with E-state index in [1.165, 1.54) is 60.7 Å². The number of benzene rings is 9. The van der Waals surface area contributed by atoms with Gasteiger partial charge in [-0.15, -0.1) is 0 Å². The summed E-state index contributed by atoms with van der Waals surface area (Å²) in [7, 11) is 0. The Balaban J connectivity index is 1.04. The summed E-state index contributed by atoms with van der Waals surface area (Å²) in [5, 5.41) is 4.70. The van der Waals surface area contributed by atoms with Crippen LogP contribution in [0.5, 0.6) is 0 Å². The van der Waals surface area contributed by atoms with Crippen molar-refractivity contribution in [2.75, 3.05) is 0 Å². The number of rotatable bonds is 6. The second-order valence-corrected chi connectivity index (χ2v) is 15.5. The van der Waals surface area contributed by atoms with Gasteiger partial charge in [0, 0.05) is 22.1 Å². The van der Waals surface area contributed by atoms with Crippen molar-refractivity contribution < 1.29 is 0 Å². The van der Waals surface area contributed by atoms with E-state index >= 15 is 0 Å². The Morgan fingerprint density at radius 1 is 0.345 bits per heavy atom. The van der Waals surface area contributed by atoms with Crippen molar-refractivity contribution in [3.8, 4) is 67.3 Å². The molecule has 0 amide bonds. The highest BCUT2D eigenvalue weighted by atomic mass is 14.9.